The molecule has 3 heterocycles. The minimum atomic E-state index is -0.00981. The van der Waals surface area contributed by atoms with Gasteiger partial charge in [-0.3, -0.25) is 0 Å². The third-order valence-electron chi connectivity index (χ3n) is 5.64. The molecule has 49 heavy (non-hydrogen) atoms. The second kappa shape index (κ2) is 21.9. The molecule has 254 valence electrons. The average molecular weight is 781 g/mol. The molecule has 0 aliphatic carbocycles. The van der Waals surface area contributed by atoms with Crippen molar-refractivity contribution in [2.24, 2.45) is 5.73 Å². The molecule has 0 saturated carbocycles. The number of halogens is 6. The van der Waals surface area contributed by atoms with Crippen LogP contribution >= 0.6 is 69.6 Å². The van der Waals surface area contributed by atoms with Crippen LogP contribution in [0.15, 0.2) is 91.0 Å². The van der Waals surface area contributed by atoms with Crippen molar-refractivity contribution in [2.45, 2.75) is 26.6 Å². The topological polar surface area (TPSA) is 166 Å². The number of nitrogens with zero attached hydrogens (tertiary/aromatic N) is 9. The highest BCUT2D eigenvalue weighted by atomic mass is 35.5. The number of hydrogen-bond acceptors (Lipinski definition) is 12. The molecule has 0 bridgehead atoms. The summed E-state index contributed by atoms with van der Waals surface area (Å²) in [6, 6.07) is 29.9. The van der Waals surface area contributed by atoms with Crippen LogP contribution < -0.4 is 16.4 Å². The predicted octanol–water partition coefficient (Wildman–Crippen LogP) is 8.21. The lowest BCUT2D eigenvalue weighted by molar-refractivity contribution is 0.902. The molecule has 0 unspecified atom stereocenters. The van der Waals surface area contributed by atoms with Gasteiger partial charge in [-0.2, -0.15) is 4.98 Å². The summed E-state index contributed by atoms with van der Waals surface area (Å²) in [5, 5.41) is 28.3. The highest BCUT2D eigenvalue weighted by Crippen LogP contribution is 2.18. The highest BCUT2D eigenvalue weighted by molar-refractivity contribution is 6.40. The smallest absolute Gasteiger partial charge is 0.245 e. The van der Waals surface area contributed by atoms with Crippen molar-refractivity contribution in [3.05, 3.63) is 145 Å². The third kappa shape index (κ3) is 15.4. The van der Waals surface area contributed by atoms with E-state index in [1.54, 1.807) is 6.92 Å². The highest BCUT2D eigenvalue weighted by Gasteiger charge is 2.06. The van der Waals surface area contributed by atoms with Crippen LogP contribution in [0.3, 0.4) is 0 Å². The lowest BCUT2D eigenvalue weighted by Crippen LogP contribution is -2.05. The maximum atomic E-state index is 5.86. The maximum absolute atomic E-state index is 5.86. The Labute approximate surface area is 312 Å². The summed E-state index contributed by atoms with van der Waals surface area (Å²) in [7, 11) is 0. The van der Waals surface area contributed by atoms with Crippen LogP contribution in [0.25, 0.3) is 0 Å². The van der Waals surface area contributed by atoms with Gasteiger partial charge in [0.1, 0.15) is 5.82 Å². The summed E-state index contributed by atoms with van der Waals surface area (Å²) in [5.74, 6) is 1.60. The monoisotopic (exact) mass is 778 g/mol. The molecule has 0 aliphatic rings. The minimum absolute atomic E-state index is 0.00981. The van der Waals surface area contributed by atoms with Gasteiger partial charge in [-0.15, -0.1) is 30.6 Å². The van der Waals surface area contributed by atoms with Gasteiger partial charge in [0.05, 0.1) is 0 Å². The van der Waals surface area contributed by atoms with Crippen LogP contribution in [0.2, 0.25) is 31.2 Å². The Morgan fingerprint density at radius 2 is 0.878 bits per heavy atom. The summed E-state index contributed by atoms with van der Waals surface area (Å²) in [6.07, 6.45) is 0. The molecule has 0 atom stereocenters. The van der Waals surface area contributed by atoms with Crippen LogP contribution in [-0.4, -0.2) is 45.5 Å². The summed E-state index contributed by atoms with van der Waals surface area (Å²) in [5.41, 5.74) is 8.82. The molecule has 6 rings (SSSR count). The van der Waals surface area contributed by atoms with Crippen molar-refractivity contribution in [3.63, 3.8) is 0 Å². The Morgan fingerprint density at radius 3 is 1.31 bits per heavy atom. The second-order valence-corrected chi connectivity index (χ2v) is 11.4. The average Bonchev–Trinajstić information content (AvgIpc) is 3.13. The number of rotatable bonds is 7. The van der Waals surface area contributed by atoms with E-state index in [9.17, 15) is 0 Å². The van der Waals surface area contributed by atoms with E-state index in [0.717, 1.165) is 11.1 Å². The van der Waals surface area contributed by atoms with Crippen molar-refractivity contribution in [1.82, 2.24) is 45.5 Å². The van der Waals surface area contributed by atoms with Gasteiger partial charge < -0.3 is 16.4 Å². The fraction of sp³-hybridized carbons (Fsp3) is 0.129. The van der Waals surface area contributed by atoms with E-state index in [-0.39, 0.29) is 26.0 Å². The summed E-state index contributed by atoms with van der Waals surface area (Å²) < 4.78 is 0. The van der Waals surface area contributed by atoms with Crippen molar-refractivity contribution < 1.29 is 0 Å². The van der Waals surface area contributed by atoms with E-state index in [0.29, 0.717) is 42.2 Å². The van der Waals surface area contributed by atoms with E-state index in [4.69, 9.17) is 75.3 Å². The molecule has 18 heteroatoms. The normalized spacial score (nSPS) is 9.88. The second-order valence-electron chi connectivity index (χ2n) is 9.25. The zero-order valence-corrected chi connectivity index (χ0v) is 30.2. The van der Waals surface area contributed by atoms with E-state index in [2.05, 4.69) is 56.2 Å². The fourth-order valence-corrected chi connectivity index (χ4v) is 4.14. The van der Waals surface area contributed by atoms with Crippen LogP contribution in [0.4, 0.5) is 11.6 Å². The van der Waals surface area contributed by atoms with Gasteiger partial charge in [0.15, 0.2) is 32.2 Å². The van der Waals surface area contributed by atoms with E-state index >= 15 is 0 Å². The molecular formula is C31H28Cl6N12. The molecule has 0 saturated heterocycles. The van der Waals surface area contributed by atoms with Gasteiger partial charge >= 0.3 is 0 Å². The first kappa shape index (κ1) is 39.4. The van der Waals surface area contributed by atoms with Gasteiger partial charge in [-0.05, 0) is 46.8 Å². The number of hydrogen-bond donors (Lipinski definition) is 3. The Balaban J connectivity index is 0.000000185. The molecule has 0 aliphatic heterocycles. The van der Waals surface area contributed by atoms with Crippen LogP contribution in [0, 0.1) is 6.92 Å². The fourth-order valence-electron chi connectivity index (χ4n) is 3.37. The Hall–Kier alpha value is -4.01. The van der Waals surface area contributed by atoms with Crippen LogP contribution in [0.5, 0.6) is 0 Å². The molecule has 4 N–H and O–H groups in total. The van der Waals surface area contributed by atoms with Gasteiger partial charge in [-0.25, -0.2) is 9.97 Å². The van der Waals surface area contributed by atoms with Crippen molar-refractivity contribution in [1.29, 1.82) is 0 Å². The molecular weight excluding hydrogens is 753 g/mol. The third-order valence-corrected chi connectivity index (χ3v) is 7.08. The number of nitrogens with two attached hydrogens (primary N) is 1. The summed E-state index contributed by atoms with van der Waals surface area (Å²) in [4.78, 5) is 11.6. The summed E-state index contributed by atoms with van der Waals surface area (Å²) >= 11 is 33.3. The minimum Gasteiger partial charge on any atom is -0.363 e. The van der Waals surface area contributed by atoms with Gasteiger partial charge in [0.25, 0.3) is 0 Å². The van der Waals surface area contributed by atoms with Crippen molar-refractivity contribution >= 4 is 81.2 Å². The lowest BCUT2D eigenvalue weighted by atomic mass is 10.2. The van der Waals surface area contributed by atoms with Crippen molar-refractivity contribution in [3.8, 4) is 0 Å². The molecule has 6 aromatic rings. The molecule has 3 aromatic heterocycles. The zero-order valence-electron chi connectivity index (χ0n) is 25.7. The molecule has 0 fully saturated rings. The van der Waals surface area contributed by atoms with Gasteiger partial charge in [-0.1, -0.05) is 137 Å². The molecule has 0 radical (unpaired) electrons. The quantitative estimate of drug-likeness (QED) is 0.142. The molecule has 3 aromatic carbocycles. The molecule has 0 amide bonds. The number of benzene rings is 3. The van der Waals surface area contributed by atoms with Crippen molar-refractivity contribution in [2.75, 3.05) is 10.6 Å². The van der Waals surface area contributed by atoms with Gasteiger partial charge in [0.2, 0.25) is 10.6 Å². The van der Waals surface area contributed by atoms with Gasteiger partial charge in [0, 0.05) is 19.6 Å². The van der Waals surface area contributed by atoms with E-state index < -0.39 is 0 Å². The lowest BCUT2D eigenvalue weighted by Gasteiger charge is -2.06. The largest absolute Gasteiger partial charge is 0.363 e. The Kier molecular flexibility index (Phi) is 17.6. The number of anilines is 2. The van der Waals surface area contributed by atoms with Crippen LogP contribution in [0.1, 0.15) is 22.5 Å². The maximum Gasteiger partial charge on any atom is 0.245 e. The van der Waals surface area contributed by atoms with E-state index in [1.165, 1.54) is 5.56 Å². The van der Waals surface area contributed by atoms with E-state index in [1.807, 2.05) is 91.0 Å². The zero-order chi connectivity index (χ0) is 35.4. The molecule has 0 spiro atoms. The SMILES string of the molecule is Cc1nnc(Cl)c(NCc2ccccc2)n1.Clc1nnc(Cl)c(Cl)n1.Clc1nnc(Cl)c(NCc2ccccc2)n1.NCc1ccccc1. The molecule has 12 nitrogen and oxygen atoms in total. The number of aryl methyl sites for hydroxylation is 1. The first-order valence-electron chi connectivity index (χ1n) is 14.1. The first-order valence-corrected chi connectivity index (χ1v) is 16.3. The van der Waals surface area contributed by atoms with Crippen LogP contribution in [-0.2, 0) is 19.6 Å². The predicted molar refractivity (Wildman–Crippen MR) is 196 cm³/mol. The first-order chi connectivity index (χ1) is 23.6. The summed E-state index contributed by atoms with van der Waals surface area (Å²) in [6.45, 7) is 3.69. The number of aromatic nitrogens is 9. The Morgan fingerprint density at radius 1 is 0.469 bits per heavy atom. The standard InChI is InChI=1S/C11H11ClN4.C10H8Cl2N4.C7H9N.C3Cl3N3/c1-8-14-11(10(12)16-15-8)13-7-9-5-3-2-4-6-9;11-8-9(14-10(12)16-15-8)13-6-7-4-2-1-3-5-7;8-6-7-4-2-1-3-5-7;4-1-2(5)8-9-3(6)7-1/h2-6H,7H2,1H3,(H,13,14,15);1-5H,6H2,(H,13,14,16);1-5H,6,8H2;. The number of nitrogens with one attached hydrogen (secondary N) is 2. The Bertz CT molecular complexity index is 1750.